The molecule has 0 bridgehead atoms. The van der Waals surface area contributed by atoms with Gasteiger partial charge in [-0.3, -0.25) is 14.4 Å². The van der Waals surface area contributed by atoms with Crippen LogP contribution in [0.5, 0.6) is 0 Å². The first-order chi connectivity index (χ1) is 26.5. The summed E-state index contributed by atoms with van der Waals surface area (Å²) in [6.45, 7) is 6.44. The van der Waals surface area contributed by atoms with E-state index in [1.54, 1.807) is 0 Å². The number of ether oxygens (including phenoxy) is 3. The topological polar surface area (TPSA) is 78.9 Å². The molecule has 0 spiro atoms. The Balaban J connectivity index is 4.54. The van der Waals surface area contributed by atoms with Crippen LogP contribution in [0.1, 0.15) is 207 Å². The normalized spacial score (nSPS) is 12.6. The van der Waals surface area contributed by atoms with E-state index in [4.69, 9.17) is 14.2 Å². The van der Waals surface area contributed by atoms with Crippen LogP contribution in [-0.4, -0.2) is 37.2 Å². The lowest BCUT2D eigenvalue weighted by Gasteiger charge is -2.18. The molecule has 0 aliphatic heterocycles. The van der Waals surface area contributed by atoms with Gasteiger partial charge in [0, 0.05) is 19.3 Å². The SMILES string of the molecule is CCCC/C=C\CCCCCCC(=O)OCC(COC(=O)CC/C=C\C/C=C\CCCCCCCC)OC(=O)CC/C=C\C/C=C\CCCCCCCC. The van der Waals surface area contributed by atoms with Crippen LogP contribution >= 0.6 is 0 Å². The Morgan fingerprint density at radius 1 is 0.370 bits per heavy atom. The summed E-state index contributed by atoms with van der Waals surface area (Å²) in [5.74, 6) is -1.08. The fourth-order valence-electron chi connectivity index (χ4n) is 5.82. The zero-order valence-electron chi connectivity index (χ0n) is 35.2. The Morgan fingerprint density at radius 2 is 0.722 bits per heavy atom. The molecule has 6 nitrogen and oxygen atoms in total. The molecule has 0 radical (unpaired) electrons. The van der Waals surface area contributed by atoms with Gasteiger partial charge in [-0.25, -0.2) is 0 Å². The van der Waals surface area contributed by atoms with Gasteiger partial charge in [-0.05, 0) is 77.0 Å². The Hall–Kier alpha value is -2.89. The van der Waals surface area contributed by atoms with Crippen molar-refractivity contribution in [3.63, 3.8) is 0 Å². The molecule has 0 aromatic rings. The highest BCUT2D eigenvalue weighted by atomic mass is 16.6. The van der Waals surface area contributed by atoms with Gasteiger partial charge in [0.15, 0.2) is 6.10 Å². The standard InChI is InChI=1S/C48H82O6/c1-4-7-10-13-16-19-22-24-26-29-32-35-38-41-47(50)53-44-45(43-52-46(49)40-37-34-31-28-21-18-15-12-9-6-3)54-48(51)42-39-36-33-30-27-25-23-20-17-14-11-8-5-2/h15,18,24-27,32-33,35-36,45H,4-14,16-17,19-23,28-31,34,37-44H2,1-3H3/b18-15-,26-24-,27-25-,35-32-,36-33-. The first-order valence-corrected chi connectivity index (χ1v) is 22.3. The van der Waals surface area contributed by atoms with E-state index in [1.165, 1.54) is 89.9 Å². The van der Waals surface area contributed by atoms with Gasteiger partial charge in [0.2, 0.25) is 0 Å². The van der Waals surface area contributed by atoms with Gasteiger partial charge < -0.3 is 14.2 Å². The zero-order valence-corrected chi connectivity index (χ0v) is 35.2. The third-order valence-corrected chi connectivity index (χ3v) is 9.24. The van der Waals surface area contributed by atoms with Crippen molar-refractivity contribution in [1.29, 1.82) is 0 Å². The molecule has 0 aromatic carbocycles. The van der Waals surface area contributed by atoms with Gasteiger partial charge in [0.1, 0.15) is 13.2 Å². The van der Waals surface area contributed by atoms with Gasteiger partial charge >= 0.3 is 17.9 Å². The van der Waals surface area contributed by atoms with Crippen molar-refractivity contribution >= 4 is 17.9 Å². The number of carbonyl (C=O) groups excluding carboxylic acids is 3. The third-order valence-electron chi connectivity index (χ3n) is 9.24. The monoisotopic (exact) mass is 755 g/mol. The predicted molar refractivity (Wildman–Crippen MR) is 228 cm³/mol. The molecule has 0 amide bonds. The number of esters is 3. The summed E-state index contributed by atoms with van der Waals surface area (Å²) in [6.07, 6.45) is 50.9. The Bertz CT molecular complexity index is 1010. The average Bonchev–Trinajstić information content (AvgIpc) is 3.17. The van der Waals surface area contributed by atoms with Gasteiger partial charge in [0.25, 0.3) is 0 Å². The molecule has 0 saturated heterocycles. The second-order valence-electron chi connectivity index (χ2n) is 14.6. The molecule has 310 valence electrons. The summed E-state index contributed by atoms with van der Waals surface area (Å²) >= 11 is 0. The molecule has 0 saturated carbocycles. The summed E-state index contributed by atoms with van der Waals surface area (Å²) in [5.41, 5.74) is 0. The van der Waals surface area contributed by atoms with Crippen LogP contribution in [0.25, 0.3) is 0 Å². The van der Waals surface area contributed by atoms with Crippen molar-refractivity contribution < 1.29 is 28.6 Å². The molecule has 0 fully saturated rings. The van der Waals surface area contributed by atoms with Gasteiger partial charge in [-0.1, -0.05) is 171 Å². The highest BCUT2D eigenvalue weighted by molar-refractivity contribution is 5.71. The minimum absolute atomic E-state index is 0.120. The van der Waals surface area contributed by atoms with Gasteiger partial charge in [-0.2, -0.15) is 0 Å². The average molecular weight is 755 g/mol. The summed E-state index contributed by atoms with van der Waals surface area (Å²) < 4.78 is 16.5. The van der Waals surface area contributed by atoms with Crippen LogP contribution in [-0.2, 0) is 28.6 Å². The number of allylic oxidation sites excluding steroid dienone is 10. The van der Waals surface area contributed by atoms with Crippen LogP contribution < -0.4 is 0 Å². The minimum Gasteiger partial charge on any atom is -0.462 e. The maximum Gasteiger partial charge on any atom is 0.306 e. The van der Waals surface area contributed by atoms with E-state index in [0.29, 0.717) is 19.3 Å². The zero-order chi connectivity index (χ0) is 39.4. The number of hydrogen-bond acceptors (Lipinski definition) is 6. The lowest BCUT2D eigenvalue weighted by atomic mass is 10.1. The van der Waals surface area contributed by atoms with Crippen LogP contribution in [0.15, 0.2) is 60.8 Å². The van der Waals surface area contributed by atoms with Gasteiger partial charge in [-0.15, -0.1) is 0 Å². The van der Waals surface area contributed by atoms with E-state index < -0.39 is 12.1 Å². The van der Waals surface area contributed by atoms with E-state index in [1.807, 2.05) is 12.2 Å². The minimum atomic E-state index is -0.828. The van der Waals surface area contributed by atoms with Crippen LogP contribution in [0.4, 0.5) is 0 Å². The Labute approximate surface area is 332 Å². The predicted octanol–water partition coefficient (Wildman–Crippen LogP) is 14.1. The molecule has 0 aliphatic carbocycles. The third kappa shape index (κ3) is 40.3. The molecule has 0 rings (SSSR count). The number of unbranched alkanes of at least 4 members (excludes halogenated alkanes) is 18. The van der Waals surface area contributed by atoms with Crippen LogP contribution in [0.3, 0.4) is 0 Å². The summed E-state index contributed by atoms with van der Waals surface area (Å²) in [6, 6.07) is 0. The second kappa shape index (κ2) is 42.8. The van der Waals surface area contributed by atoms with Crippen molar-refractivity contribution in [2.45, 2.75) is 213 Å². The summed E-state index contributed by atoms with van der Waals surface area (Å²) in [4.78, 5) is 37.6. The van der Waals surface area contributed by atoms with E-state index in [-0.39, 0.29) is 38.0 Å². The molecular weight excluding hydrogens is 673 g/mol. The highest BCUT2D eigenvalue weighted by Gasteiger charge is 2.19. The number of hydrogen-bond donors (Lipinski definition) is 0. The van der Waals surface area contributed by atoms with E-state index in [9.17, 15) is 14.4 Å². The van der Waals surface area contributed by atoms with Crippen molar-refractivity contribution in [3.05, 3.63) is 60.8 Å². The molecule has 0 N–H and O–H groups in total. The number of rotatable bonds is 39. The fourth-order valence-corrected chi connectivity index (χ4v) is 5.82. The van der Waals surface area contributed by atoms with Crippen molar-refractivity contribution in [2.75, 3.05) is 13.2 Å². The largest absolute Gasteiger partial charge is 0.462 e. The van der Waals surface area contributed by atoms with E-state index in [2.05, 4.69) is 69.4 Å². The Morgan fingerprint density at radius 3 is 1.20 bits per heavy atom. The molecule has 0 aliphatic rings. The van der Waals surface area contributed by atoms with Crippen molar-refractivity contribution in [3.8, 4) is 0 Å². The maximum atomic E-state index is 12.7. The van der Waals surface area contributed by atoms with Gasteiger partial charge in [0.05, 0.1) is 0 Å². The Kier molecular flexibility index (Phi) is 40.6. The summed E-state index contributed by atoms with van der Waals surface area (Å²) in [7, 11) is 0. The first-order valence-electron chi connectivity index (χ1n) is 22.3. The molecule has 54 heavy (non-hydrogen) atoms. The summed E-state index contributed by atoms with van der Waals surface area (Å²) in [5, 5.41) is 0. The van der Waals surface area contributed by atoms with Crippen LogP contribution in [0, 0.1) is 0 Å². The lowest BCUT2D eigenvalue weighted by Crippen LogP contribution is -2.30. The van der Waals surface area contributed by atoms with E-state index in [0.717, 1.165) is 64.2 Å². The molecule has 1 atom stereocenters. The van der Waals surface area contributed by atoms with Crippen molar-refractivity contribution in [1.82, 2.24) is 0 Å². The molecule has 0 aromatic heterocycles. The number of carbonyl (C=O) groups is 3. The fraction of sp³-hybridized carbons (Fsp3) is 0.729. The molecule has 6 heteroatoms. The second-order valence-corrected chi connectivity index (χ2v) is 14.6. The molecule has 0 heterocycles. The molecular formula is C48H82O6. The smallest absolute Gasteiger partial charge is 0.306 e. The molecule has 1 unspecified atom stereocenters. The van der Waals surface area contributed by atoms with Crippen LogP contribution in [0.2, 0.25) is 0 Å². The quantitative estimate of drug-likeness (QED) is 0.0269. The highest BCUT2D eigenvalue weighted by Crippen LogP contribution is 2.11. The lowest BCUT2D eigenvalue weighted by molar-refractivity contribution is -0.166. The first kappa shape index (κ1) is 51.1. The van der Waals surface area contributed by atoms with E-state index >= 15 is 0 Å². The maximum absolute atomic E-state index is 12.7. The van der Waals surface area contributed by atoms with Crippen molar-refractivity contribution in [2.24, 2.45) is 0 Å².